The molecule has 0 unspecified atom stereocenters. The number of carboxylic acid groups (broad SMARTS) is 1. The molecule has 0 saturated carbocycles. The summed E-state index contributed by atoms with van der Waals surface area (Å²) in [5.74, 6) is -3.07. The molecule has 2 heterocycles. The number of pyridine rings is 2. The van der Waals surface area contributed by atoms with Crippen LogP contribution in [-0.4, -0.2) is 45.6 Å². The van der Waals surface area contributed by atoms with Gasteiger partial charge in [-0.15, -0.1) is 0 Å². The number of alkyl halides is 6. The SMILES string of the molecule is C.C.CNC(=O)c1cccc(C(=O)c2ncc(Cl)cc2NCc2ccc(Cl)c(C(F)(F)F)c2)c1Cl.O=C(O)c1cccc(C(=O)c2ncc(Cl)cc2NCc2ccc(Cl)c(C(F)(F)F)c2)c1Cl. The average Bonchev–Trinajstić information content (AvgIpc) is 3.24. The molecule has 0 aliphatic carbocycles. The summed E-state index contributed by atoms with van der Waals surface area (Å²) in [6.45, 7) is -0.181. The van der Waals surface area contributed by atoms with Crippen molar-refractivity contribution >= 4 is 104 Å². The van der Waals surface area contributed by atoms with Crippen molar-refractivity contribution in [1.82, 2.24) is 15.3 Å². The number of rotatable bonds is 12. The van der Waals surface area contributed by atoms with Crippen LogP contribution in [0.25, 0.3) is 0 Å². The summed E-state index contributed by atoms with van der Waals surface area (Å²) in [5, 5.41) is 16.6. The van der Waals surface area contributed by atoms with Gasteiger partial charge in [0.2, 0.25) is 11.6 Å². The first-order valence-electron chi connectivity index (χ1n) is 18.1. The van der Waals surface area contributed by atoms with Crippen LogP contribution in [0.2, 0.25) is 30.1 Å². The van der Waals surface area contributed by atoms with Crippen molar-refractivity contribution in [3.8, 4) is 0 Å². The van der Waals surface area contributed by atoms with Gasteiger partial charge in [-0.05, 0) is 71.8 Å². The highest BCUT2D eigenvalue weighted by Crippen LogP contribution is 2.37. The van der Waals surface area contributed by atoms with Crippen molar-refractivity contribution in [2.75, 3.05) is 17.7 Å². The van der Waals surface area contributed by atoms with Crippen LogP contribution in [0.4, 0.5) is 37.7 Å². The van der Waals surface area contributed by atoms with Crippen LogP contribution in [0.5, 0.6) is 0 Å². The lowest BCUT2D eigenvalue weighted by atomic mass is 10.0. The van der Waals surface area contributed by atoms with Crippen molar-refractivity contribution in [2.24, 2.45) is 0 Å². The fraction of sp³-hybridized carbons (Fsp3) is 0.156. The lowest BCUT2D eigenvalue weighted by Gasteiger charge is -2.14. The molecule has 0 bridgehead atoms. The number of aromatic nitrogens is 2. The Bertz CT molecular complexity index is 2830. The molecule has 0 saturated heterocycles. The minimum Gasteiger partial charge on any atom is -0.478 e. The first-order valence-corrected chi connectivity index (χ1v) is 20.4. The van der Waals surface area contributed by atoms with Gasteiger partial charge in [0.25, 0.3) is 5.91 Å². The quantitative estimate of drug-likeness (QED) is 0.0694. The van der Waals surface area contributed by atoms with Crippen LogP contribution in [-0.2, 0) is 25.4 Å². The minimum absolute atomic E-state index is 0. The Morgan fingerprint density at radius 3 is 1.31 bits per heavy atom. The topological polar surface area (TPSA) is 150 Å². The Kier molecular flexibility index (Phi) is 19.5. The Labute approximate surface area is 409 Å². The van der Waals surface area contributed by atoms with E-state index in [4.69, 9.17) is 69.6 Å². The maximum absolute atomic E-state index is 13.2. The zero-order valence-electron chi connectivity index (χ0n) is 32.7. The van der Waals surface area contributed by atoms with E-state index in [2.05, 4.69) is 25.9 Å². The van der Waals surface area contributed by atoms with Crippen LogP contribution in [0.3, 0.4) is 0 Å². The van der Waals surface area contributed by atoms with E-state index in [-0.39, 0.29) is 104 Å². The predicted octanol–water partition coefficient (Wildman–Crippen LogP) is 14.1. The summed E-state index contributed by atoms with van der Waals surface area (Å²) >= 11 is 35.6. The molecule has 0 aliphatic rings. The monoisotopic (exact) mass is 1050 g/mol. The first-order chi connectivity index (χ1) is 30.5. The Hall–Kier alpha value is -5.62. The maximum Gasteiger partial charge on any atom is 0.417 e. The van der Waals surface area contributed by atoms with Crippen molar-refractivity contribution in [3.63, 3.8) is 0 Å². The van der Waals surface area contributed by atoms with E-state index in [1.807, 2.05) is 0 Å². The second kappa shape index (κ2) is 23.4. The number of anilines is 2. The summed E-state index contributed by atoms with van der Waals surface area (Å²) in [4.78, 5) is 57.6. The van der Waals surface area contributed by atoms with E-state index in [9.17, 15) is 50.6 Å². The van der Waals surface area contributed by atoms with Crippen LogP contribution in [0, 0.1) is 0 Å². The zero-order valence-corrected chi connectivity index (χ0v) is 37.2. The second-order valence-corrected chi connectivity index (χ2v) is 15.8. The Morgan fingerprint density at radius 2 is 0.940 bits per heavy atom. The molecule has 67 heavy (non-hydrogen) atoms. The van der Waals surface area contributed by atoms with E-state index in [0.29, 0.717) is 0 Å². The van der Waals surface area contributed by atoms with Crippen LogP contribution in [0.1, 0.15) is 89.9 Å². The third kappa shape index (κ3) is 13.7. The molecule has 0 aliphatic heterocycles. The molecular weight excluding hydrogens is 1020 g/mol. The van der Waals surface area contributed by atoms with E-state index >= 15 is 0 Å². The van der Waals surface area contributed by atoms with Gasteiger partial charge in [0.05, 0.1) is 63.8 Å². The van der Waals surface area contributed by atoms with Gasteiger partial charge >= 0.3 is 18.3 Å². The fourth-order valence-electron chi connectivity index (χ4n) is 5.85. The van der Waals surface area contributed by atoms with E-state index in [1.165, 1.54) is 80.1 Å². The number of carboxylic acids is 1. The van der Waals surface area contributed by atoms with E-state index in [1.54, 1.807) is 0 Å². The van der Waals surface area contributed by atoms with Gasteiger partial charge in [0, 0.05) is 43.7 Å². The van der Waals surface area contributed by atoms with Crippen LogP contribution >= 0.6 is 69.6 Å². The number of hydrogen-bond acceptors (Lipinski definition) is 8. The molecule has 0 radical (unpaired) electrons. The first kappa shape index (κ1) is 55.7. The lowest BCUT2D eigenvalue weighted by molar-refractivity contribution is -0.138. The smallest absolute Gasteiger partial charge is 0.417 e. The number of amides is 1. The van der Waals surface area contributed by atoms with Gasteiger partial charge in [-0.2, -0.15) is 26.3 Å². The van der Waals surface area contributed by atoms with Crippen molar-refractivity contribution in [3.05, 3.63) is 183 Å². The van der Waals surface area contributed by atoms with Gasteiger partial charge in [0.15, 0.2) is 0 Å². The molecule has 0 fully saturated rings. The molecule has 0 atom stereocenters. The molecule has 4 N–H and O–H groups in total. The number of carbonyl (C=O) groups excluding carboxylic acids is 3. The summed E-state index contributed by atoms with van der Waals surface area (Å²) in [7, 11) is 1.43. The third-order valence-corrected chi connectivity index (χ3v) is 10.9. The molecule has 4 aromatic carbocycles. The molecule has 1 amide bonds. The van der Waals surface area contributed by atoms with Gasteiger partial charge < -0.3 is 21.1 Å². The van der Waals surface area contributed by atoms with Crippen molar-refractivity contribution < 1.29 is 50.6 Å². The number of carbonyl (C=O) groups is 4. The average molecular weight is 1050 g/mol. The van der Waals surface area contributed by atoms with Gasteiger partial charge in [-0.1, -0.05) is 109 Å². The number of ketones is 2. The largest absolute Gasteiger partial charge is 0.478 e. The van der Waals surface area contributed by atoms with Gasteiger partial charge in [-0.25, -0.2) is 14.8 Å². The zero-order chi connectivity index (χ0) is 48.0. The van der Waals surface area contributed by atoms with E-state index < -0.39 is 57.0 Å². The molecule has 6 aromatic rings. The molecule has 10 nitrogen and oxygen atoms in total. The molecule has 2 aromatic heterocycles. The molecule has 6 rings (SSSR count). The minimum atomic E-state index is -4.63. The highest BCUT2D eigenvalue weighted by atomic mass is 35.5. The molecule has 0 spiro atoms. The normalized spacial score (nSPS) is 10.9. The third-order valence-electron chi connectivity index (χ3n) is 8.97. The lowest BCUT2D eigenvalue weighted by Crippen LogP contribution is -2.19. The number of nitrogens with zero attached hydrogens (tertiary/aromatic N) is 2. The number of aromatic carboxylic acids is 1. The summed E-state index contributed by atoms with van der Waals surface area (Å²) in [6.07, 6.45) is -6.78. The number of nitrogens with one attached hydrogen (secondary N) is 3. The number of benzene rings is 4. The van der Waals surface area contributed by atoms with Crippen LogP contribution in [0.15, 0.2) is 97.3 Å². The summed E-state index contributed by atoms with van der Waals surface area (Å²) in [6, 6.07) is 18.0. The number of halogens is 12. The Morgan fingerprint density at radius 1 is 0.567 bits per heavy atom. The molecular formula is C45H35Cl6F6N5O5. The predicted molar refractivity (Wildman–Crippen MR) is 250 cm³/mol. The fourth-order valence-corrected chi connectivity index (χ4v) is 7.20. The van der Waals surface area contributed by atoms with E-state index in [0.717, 1.165) is 24.3 Å². The second-order valence-electron chi connectivity index (χ2n) is 13.3. The van der Waals surface area contributed by atoms with Gasteiger partial charge in [-0.3, -0.25) is 14.4 Å². The van der Waals surface area contributed by atoms with Gasteiger partial charge in [0.1, 0.15) is 11.4 Å². The molecule has 354 valence electrons. The molecule has 22 heteroatoms. The standard InChI is InChI=1S/C22H15Cl3F3N3O2.C21H12Cl3F3N2O3.2CH4/c1-29-21(33)14-4-2-3-13(18(14)25)20(32)19-17(8-12(23)10-31-19)30-9-11-5-6-16(24)15(7-11)22(26,27)28;22-11-7-16(28-8-10-4-5-15(23)14(6-10)21(25,26)27)18(29-9-11)19(30)12-2-1-3-13(17(12)24)20(31)32;;/h2-8,10,30H,9H2,1H3,(H,29,33);1-7,9,28H,8H2,(H,31,32);2*1H4. The maximum atomic E-state index is 13.2. The number of hydrogen-bond donors (Lipinski definition) is 4. The van der Waals surface area contributed by atoms with Crippen molar-refractivity contribution in [2.45, 2.75) is 40.3 Å². The van der Waals surface area contributed by atoms with Crippen molar-refractivity contribution in [1.29, 1.82) is 0 Å². The highest BCUT2D eigenvalue weighted by molar-refractivity contribution is 6.39. The van der Waals surface area contributed by atoms with Crippen LogP contribution < -0.4 is 16.0 Å². The summed E-state index contributed by atoms with van der Waals surface area (Å²) < 4.78 is 78.7. The summed E-state index contributed by atoms with van der Waals surface area (Å²) in [5.41, 5.74) is -1.58. The highest BCUT2D eigenvalue weighted by Gasteiger charge is 2.34. The Balaban J connectivity index is 0.000000345.